The summed E-state index contributed by atoms with van der Waals surface area (Å²) in [4.78, 5) is 2.57. The first-order valence-corrected chi connectivity index (χ1v) is 8.69. The molecule has 0 atom stereocenters. The SMILES string of the molecule is CCCC1CCC(CN)(N(CC)c2cccc(C)c2)CC1. The third-order valence-corrected chi connectivity index (χ3v) is 5.31. The molecule has 1 aliphatic rings. The summed E-state index contributed by atoms with van der Waals surface area (Å²) in [6, 6.07) is 8.88. The van der Waals surface area contributed by atoms with Gasteiger partial charge >= 0.3 is 0 Å². The van der Waals surface area contributed by atoms with Crippen LogP contribution < -0.4 is 10.6 Å². The summed E-state index contributed by atoms with van der Waals surface area (Å²) in [6.45, 7) is 8.55. The molecule has 0 unspecified atom stereocenters. The summed E-state index contributed by atoms with van der Waals surface area (Å²) >= 11 is 0. The van der Waals surface area contributed by atoms with Gasteiger partial charge in [0.25, 0.3) is 0 Å². The number of benzene rings is 1. The van der Waals surface area contributed by atoms with Crippen molar-refractivity contribution in [1.82, 2.24) is 0 Å². The summed E-state index contributed by atoms with van der Waals surface area (Å²) in [6.07, 6.45) is 7.87. The Labute approximate surface area is 130 Å². The molecular formula is C19H32N2. The Morgan fingerprint density at radius 2 is 1.95 bits per heavy atom. The first-order chi connectivity index (χ1) is 10.1. The van der Waals surface area contributed by atoms with Crippen LogP contribution in [0.5, 0.6) is 0 Å². The fourth-order valence-electron chi connectivity index (χ4n) is 4.08. The van der Waals surface area contributed by atoms with Crippen LogP contribution in [-0.4, -0.2) is 18.6 Å². The minimum Gasteiger partial charge on any atom is -0.365 e. The molecule has 2 nitrogen and oxygen atoms in total. The molecule has 0 spiro atoms. The van der Waals surface area contributed by atoms with Crippen molar-refractivity contribution in [2.24, 2.45) is 11.7 Å². The molecule has 0 radical (unpaired) electrons. The van der Waals surface area contributed by atoms with E-state index in [0.717, 1.165) is 19.0 Å². The average Bonchev–Trinajstić information content (AvgIpc) is 2.50. The van der Waals surface area contributed by atoms with Gasteiger partial charge in [0.2, 0.25) is 0 Å². The summed E-state index contributed by atoms with van der Waals surface area (Å²) in [7, 11) is 0. The summed E-state index contributed by atoms with van der Waals surface area (Å²) in [5, 5.41) is 0. The molecular weight excluding hydrogens is 256 g/mol. The predicted octanol–water partition coefficient (Wildman–Crippen LogP) is 4.51. The first-order valence-electron chi connectivity index (χ1n) is 8.69. The number of nitrogens with two attached hydrogens (primary N) is 1. The van der Waals surface area contributed by atoms with Gasteiger partial charge in [0.1, 0.15) is 0 Å². The third-order valence-electron chi connectivity index (χ3n) is 5.31. The van der Waals surface area contributed by atoms with E-state index in [2.05, 4.69) is 49.9 Å². The van der Waals surface area contributed by atoms with Gasteiger partial charge in [-0.15, -0.1) is 0 Å². The standard InChI is InChI=1S/C19H32N2/c1-4-7-17-10-12-19(15-20,13-11-17)21(5-2)18-9-6-8-16(3)14-18/h6,8-9,14,17H,4-5,7,10-13,15,20H2,1-3H3. The topological polar surface area (TPSA) is 29.3 Å². The van der Waals surface area contributed by atoms with Crippen LogP contribution in [0.4, 0.5) is 5.69 Å². The van der Waals surface area contributed by atoms with Crippen LogP contribution in [0.2, 0.25) is 0 Å². The van der Waals surface area contributed by atoms with Gasteiger partial charge in [0, 0.05) is 18.8 Å². The molecule has 21 heavy (non-hydrogen) atoms. The van der Waals surface area contributed by atoms with Crippen LogP contribution in [-0.2, 0) is 0 Å². The Bertz CT molecular complexity index is 433. The van der Waals surface area contributed by atoms with Crippen molar-refractivity contribution >= 4 is 5.69 Å². The van der Waals surface area contributed by atoms with Gasteiger partial charge in [-0.05, 0) is 63.1 Å². The summed E-state index contributed by atoms with van der Waals surface area (Å²) < 4.78 is 0. The van der Waals surface area contributed by atoms with E-state index in [1.165, 1.54) is 49.8 Å². The maximum Gasteiger partial charge on any atom is 0.0524 e. The average molecular weight is 288 g/mol. The van der Waals surface area contributed by atoms with Crippen molar-refractivity contribution in [3.8, 4) is 0 Å². The van der Waals surface area contributed by atoms with Gasteiger partial charge in [-0.1, -0.05) is 31.9 Å². The molecule has 0 bridgehead atoms. The highest BCUT2D eigenvalue weighted by Gasteiger charge is 2.38. The Kier molecular flexibility index (Phi) is 5.69. The zero-order valence-corrected chi connectivity index (χ0v) is 14.1. The summed E-state index contributed by atoms with van der Waals surface area (Å²) in [5.74, 6) is 0.922. The van der Waals surface area contributed by atoms with E-state index in [0.29, 0.717) is 0 Å². The lowest BCUT2D eigenvalue weighted by Crippen LogP contribution is -2.56. The molecule has 1 fully saturated rings. The van der Waals surface area contributed by atoms with Gasteiger partial charge in [-0.2, -0.15) is 0 Å². The molecule has 2 heteroatoms. The number of nitrogens with zero attached hydrogens (tertiary/aromatic N) is 1. The molecule has 0 heterocycles. The van der Waals surface area contributed by atoms with E-state index in [9.17, 15) is 0 Å². The molecule has 0 aliphatic heterocycles. The van der Waals surface area contributed by atoms with Crippen molar-refractivity contribution < 1.29 is 0 Å². The van der Waals surface area contributed by atoms with E-state index in [1.807, 2.05) is 0 Å². The molecule has 1 saturated carbocycles. The normalized spacial score (nSPS) is 25.8. The zero-order valence-electron chi connectivity index (χ0n) is 14.1. The second-order valence-electron chi connectivity index (χ2n) is 6.74. The van der Waals surface area contributed by atoms with E-state index in [-0.39, 0.29) is 5.54 Å². The van der Waals surface area contributed by atoms with Crippen molar-refractivity contribution in [3.05, 3.63) is 29.8 Å². The lowest BCUT2D eigenvalue weighted by molar-refractivity contribution is 0.218. The highest BCUT2D eigenvalue weighted by molar-refractivity contribution is 5.51. The molecule has 1 aromatic rings. The maximum absolute atomic E-state index is 6.27. The Morgan fingerprint density at radius 1 is 1.24 bits per heavy atom. The van der Waals surface area contributed by atoms with Crippen molar-refractivity contribution in [2.75, 3.05) is 18.0 Å². The van der Waals surface area contributed by atoms with Gasteiger partial charge < -0.3 is 10.6 Å². The minimum absolute atomic E-state index is 0.173. The monoisotopic (exact) mass is 288 g/mol. The van der Waals surface area contributed by atoms with Crippen molar-refractivity contribution in [1.29, 1.82) is 0 Å². The van der Waals surface area contributed by atoms with Gasteiger partial charge in [0.15, 0.2) is 0 Å². The fraction of sp³-hybridized carbons (Fsp3) is 0.684. The summed E-state index contributed by atoms with van der Waals surface area (Å²) in [5.41, 5.74) is 9.12. The lowest BCUT2D eigenvalue weighted by atomic mass is 9.74. The van der Waals surface area contributed by atoms with Crippen molar-refractivity contribution in [3.63, 3.8) is 0 Å². The Morgan fingerprint density at radius 3 is 2.48 bits per heavy atom. The largest absolute Gasteiger partial charge is 0.365 e. The highest BCUT2D eigenvalue weighted by atomic mass is 15.2. The van der Waals surface area contributed by atoms with E-state index >= 15 is 0 Å². The lowest BCUT2D eigenvalue weighted by Gasteiger charge is -2.48. The van der Waals surface area contributed by atoms with Crippen LogP contribution in [0.25, 0.3) is 0 Å². The fourth-order valence-corrected chi connectivity index (χ4v) is 4.08. The minimum atomic E-state index is 0.173. The zero-order chi connectivity index (χ0) is 15.3. The molecule has 0 amide bonds. The third kappa shape index (κ3) is 3.60. The van der Waals surface area contributed by atoms with E-state index in [1.54, 1.807) is 0 Å². The quantitative estimate of drug-likeness (QED) is 0.834. The van der Waals surface area contributed by atoms with Gasteiger partial charge in [-0.25, -0.2) is 0 Å². The van der Waals surface area contributed by atoms with Gasteiger partial charge in [0.05, 0.1) is 5.54 Å². The number of hydrogen-bond acceptors (Lipinski definition) is 2. The number of hydrogen-bond donors (Lipinski definition) is 1. The van der Waals surface area contributed by atoms with Crippen LogP contribution in [0.1, 0.15) is 57.9 Å². The maximum atomic E-state index is 6.27. The number of likely N-dealkylation sites (N-methyl/N-ethyl adjacent to an activating group) is 1. The smallest absolute Gasteiger partial charge is 0.0524 e. The molecule has 2 rings (SSSR count). The van der Waals surface area contributed by atoms with Crippen LogP contribution in [0.3, 0.4) is 0 Å². The predicted molar refractivity (Wildman–Crippen MR) is 92.9 cm³/mol. The van der Waals surface area contributed by atoms with E-state index < -0.39 is 0 Å². The molecule has 2 N–H and O–H groups in total. The Balaban J connectivity index is 2.18. The molecule has 118 valence electrons. The number of aryl methyl sites for hydroxylation is 1. The second kappa shape index (κ2) is 7.31. The second-order valence-corrected chi connectivity index (χ2v) is 6.74. The molecule has 0 saturated heterocycles. The molecule has 1 aliphatic carbocycles. The number of rotatable bonds is 6. The number of anilines is 1. The molecule has 0 aromatic heterocycles. The first kappa shape index (κ1) is 16.4. The van der Waals surface area contributed by atoms with Crippen LogP contribution in [0, 0.1) is 12.8 Å². The van der Waals surface area contributed by atoms with E-state index in [4.69, 9.17) is 5.73 Å². The van der Waals surface area contributed by atoms with Gasteiger partial charge in [-0.3, -0.25) is 0 Å². The van der Waals surface area contributed by atoms with Crippen LogP contribution >= 0.6 is 0 Å². The highest BCUT2D eigenvalue weighted by Crippen LogP contribution is 2.39. The van der Waals surface area contributed by atoms with Crippen LogP contribution in [0.15, 0.2) is 24.3 Å². The Hall–Kier alpha value is -1.02. The molecule has 1 aromatic carbocycles. The van der Waals surface area contributed by atoms with Crippen molar-refractivity contribution in [2.45, 2.75) is 64.8 Å².